The number of aliphatic hydroxyl groups is 1. The van der Waals surface area contributed by atoms with Gasteiger partial charge in [0, 0.05) is 0 Å². The maximum atomic E-state index is 10.2. The zero-order valence-corrected chi connectivity index (χ0v) is 5.82. The third-order valence-electron chi connectivity index (χ3n) is 1.01. The third kappa shape index (κ3) is 1.39. The Hall–Kier alpha value is -0.770. The van der Waals surface area contributed by atoms with E-state index < -0.39 is 13.9 Å². The van der Waals surface area contributed by atoms with Crippen LogP contribution in [0.2, 0.25) is 0 Å². The molecule has 10 heavy (non-hydrogen) atoms. The molecule has 3 N–H and O–H groups in total. The molecule has 2 atom stereocenters. The van der Waals surface area contributed by atoms with E-state index >= 15 is 0 Å². The molecule has 0 aliphatic carbocycles. The predicted molar refractivity (Wildman–Crippen MR) is 33.4 cm³/mol. The van der Waals surface area contributed by atoms with Crippen molar-refractivity contribution in [2.24, 2.45) is 0 Å². The van der Waals surface area contributed by atoms with E-state index in [-0.39, 0.29) is 5.69 Å². The predicted octanol–water partition coefficient (Wildman–Crippen LogP) is 0.135. The minimum atomic E-state index is -2.58. The van der Waals surface area contributed by atoms with Gasteiger partial charge in [-0.2, -0.15) is 4.89 Å². The maximum Gasteiger partial charge on any atom is 0.544 e. The summed E-state index contributed by atoms with van der Waals surface area (Å²) in [6.45, 7) is 0. The Morgan fingerprint density at radius 2 is 2.50 bits per heavy atom. The average Bonchev–Trinajstić information content (AvgIpc) is 2.36. The van der Waals surface area contributed by atoms with Crippen LogP contribution in [0.5, 0.6) is 0 Å². The van der Waals surface area contributed by atoms with E-state index in [1.165, 1.54) is 12.5 Å². The number of imidazole rings is 1. The van der Waals surface area contributed by atoms with E-state index in [1.54, 1.807) is 0 Å². The Labute approximate surface area is 57.6 Å². The van der Waals surface area contributed by atoms with Crippen molar-refractivity contribution in [1.29, 1.82) is 0 Å². The fourth-order valence-corrected chi connectivity index (χ4v) is 0.906. The normalized spacial score (nSPS) is 14.8. The molecule has 1 heterocycles. The van der Waals surface area contributed by atoms with E-state index in [0.717, 1.165) is 0 Å². The Kier molecular flexibility index (Phi) is 2.11. The van der Waals surface area contributed by atoms with Crippen molar-refractivity contribution in [3.63, 3.8) is 0 Å². The number of aromatic nitrogens is 2. The fourth-order valence-electron chi connectivity index (χ4n) is 0.527. The van der Waals surface area contributed by atoms with Crippen molar-refractivity contribution in [3.05, 3.63) is 18.2 Å². The summed E-state index contributed by atoms with van der Waals surface area (Å²) >= 11 is 0. The highest BCUT2D eigenvalue weighted by molar-refractivity contribution is 7.38. The first-order valence-electron chi connectivity index (χ1n) is 2.53. The van der Waals surface area contributed by atoms with E-state index in [4.69, 9.17) is 10.00 Å². The Balaban J connectivity index is 2.77. The molecule has 2 unspecified atom stereocenters. The largest absolute Gasteiger partial charge is 0.544 e. The number of hydrogen-bond donors (Lipinski definition) is 3. The van der Waals surface area contributed by atoms with Gasteiger partial charge in [0.15, 0.2) is 0 Å². The summed E-state index contributed by atoms with van der Waals surface area (Å²) in [4.78, 5) is 14.5. The van der Waals surface area contributed by atoms with Crippen molar-refractivity contribution >= 4 is 8.03 Å². The number of nitrogens with zero attached hydrogens (tertiary/aromatic N) is 1. The Morgan fingerprint density at radius 3 is 2.90 bits per heavy atom. The molecule has 0 aromatic carbocycles. The van der Waals surface area contributed by atoms with Gasteiger partial charge in [0.2, 0.25) is 0 Å². The van der Waals surface area contributed by atoms with Crippen LogP contribution in [0.1, 0.15) is 11.5 Å². The van der Waals surface area contributed by atoms with E-state index in [2.05, 4.69) is 9.97 Å². The van der Waals surface area contributed by atoms with E-state index in [1.807, 2.05) is 0 Å². The monoisotopic (exact) mass is 161 g/mol. The van der Waals surface area contributed by atoms with Gasteiger partial charge in [-0.25, -0.2) is 4.98 Å². The lowest BCUT2D eigenvalue weighted by atomic mass is 10.5. The summed E-state index contributed by atoms with van der Waals surface area (Å²) in [6, 6.07) is 0. The lowest BCUT2D eigenvalue weighted by Gasteiger charge is -1.88. The fraction of sp³-hybridized carbons (Fsp3) is 0.250. The number of hydrogen-bond acceptors (Lipinski definition) is 3. The highest BCUT2D eigenvalue weighted by atomic mass is 31.1. The molecule has 1 rings (SSSR count). The van der Waals surface area contributed by atoms with Crippen molar-refractivity contribution in [1.82, 2.24) is 9.97 Å². The van der Waals surface area contributed by atoms with Crippen LogP contribution in [0, 0.1) is 0 Å². The molecule has 54 valence electrons. The molecule has 0 radical (unpaired) electrons. The van der Waals surface area contributed by atoms with Crippen LogP contribution in [0.4, 0.5) is 0 Å². The number of aromatic amines is 1. The van der Waals surface area contributed by atoms with Crippen LogP contribution >= 0.6 is 8.03 Å². The first-order valence-corrected chi connectivity index (χ1v) is 3.81. The molecule has 0 saturated carbocycles. The summed E-state index contributed by atoms with van der Waals surface area (Å²) in [6.07, 6.45) is 2.63. The lowest BCUT2D eigenvalue weighted by Crippen LogP contribution is -1.90. The van der Waals surface area contributed by atoms with Crippen LogP contribution in [-0.2, 0) is 4.57 Å². The molecule has 0 saturated heterocycles. The molecule has 0 bridgehead atoms. The second-order valence-electron chi connectivity index (χ2n) is 1.68. The first-order chi connectivity index (χ1) is 4.72. The van der Waals surface area contributed by atoms with Gasteiger partial charge in [0.1, 0.15) is 5.69 Å². The highest BCUT2D eigenvalue weighted by Gasteiger charge is 2.28. The topological polar surface area (TPSA) is 86.2 Å². The highest BCUT2D eigenvalue weighted by Crippen LogP contribution is 2.32. The molecule has 5 nitrogen and oxygen atoms in total. The molecule has 1 aromatic heterocycles. The second kappa shape index (κ2) is 2.88. The quantitative estimate of drug-likeness (QED) is 0.538. The summed E-state index contributed by atoms with van der Waals surface area (Å²) in [5.41, 5.74) is 0.253. The van der Waals surface area contributed by atoms with Crippen molar-refractivity contribution in [2.45, 2.75) is 5.85 Å². The minimum Gasteiger partial charge on any atom is -0.344 e. The lowest BCUT2D eigenvalue weighted by molar-refractivity contribution is 0.239. The Morgan fingerprint density at radius 1 is 1.80 bits per heavy atom. The van der Waals surface area contributed by atoms with Gasteiger partial charge < -0.3 is 10.1 Å². The van der Waals surface area contributed by atoms with Crippen molar-refractivity contribution in [3.8, 4) is 0 Å². The minimum absolute atomic E-state index is 0.253. The molecular formula is C4H6N2O3P+. The zero-order chi connectivity index (χ0) is 7.56. The molecule has 0 aliphatic heterocycles. The third-order valence-corrected chi connectivity index (χ3v) is 1.70. The second-order valence-corrected chi connectivity index (χ2v) is 2.78. The van der Waals surface area contributed by atoms with Gasteiger partial charge in [0.25, 0.3) is 0 Å². The van der Waals surface area contributed by atoms with Crippen LogP contribution in [0.25, 0.3) is 0 Å². The van der Waals surface area contributed by atoms with Crippen LogP contribution in [0.3, 0.4) is 0 Å². The van der Waals surface area contributed by atoms with Crippen molar-refractivity contribution < 1.29 is 14.6 Å². The smallest absolute Gasteiger partial charge is 0.344 e. The number of nitrogens with one attached hydrogen (secondary N) is 1. The molecule has 1 aromatic rings. The maximum absolute atomic E-state index is 10.2. The van der Waals surface area contributed by atoms with E-state index in [9.17, 15) is 4.57 Å². The average molecular weight is 161 g/mol. The molecule has 0 aliphatic rings. The molecular weight excluding hydrogens is 155 g/mol. The van der Waals surface area contributed by atoms with Crippen LogP contribution < -0.4 is 0 Å². The molecule has 0 fully saturated rings. The summed E-state index contributed by atoms with van der Waals surface area (Å²) in [7, 11) is -2.58. The van der Waals surface area contributed by atoms with Gasteiger partial charge >= 0.3 is 13.9 Å². The summed E-state index contributed by atoms with van der Waals surface area (Å²) < 4.78 is 10.2. The number of rotatable bonds is 2. The van der Waals surface area contributed by atoms with E-state index in [0.29, 0.717) is 0 Å². The van der Waals surface area contributed by atoms with Gasteiger partial charge in [-0.1, -0.05) is 0 Å². The standard InChI is InChI=1S/C4H5N2O3P/c7-4(10(8)9)3-1-5-2-6-3/h1-2,4,7H,(H-,5,6,8,9)/p+1. The summed E-state index contributed by atoms with van der Waals surface area (Å²) in [5, 5.41) is 8.88. The van der Waals surface area contributed by atoms with Crippen LogP contribution in [-0.4, -0.2) is 20.0 Å². The zero-order valence-electron chi connectivity index (χ0n) is 4.93. The van der Waals surface area contributed by atoms with Crippen molar-refractivity contribution in [2.75, 3.05) is 0 Å². The molecule has 0 amide bonds. The van der Waals surface area contributed by atoms with Gasteiger partial charge in [-0.05, 0) is 4.57 Å². The number of aliphatic hydroxyl groups excluding tert-OH is 1. The SMILES string of the molecule is O=[P+](O)C(O)c1cnc[nH]1. The van der Waals surface area contributed by atoms with Gasteiger partial charge in [-0.15, -0.1) is 0 Å². The first kappa shape index (κ1) is 7.34. The molecule has 0 spiro atoms. The van der Waals surface area contributed by atoms with Gasteiger partial charge in [-0.3, -0.25) is 0 Å². The van der Waals surface area contributed by atoms with Crippen LogP contribution in [0.15, 0.2) is 12.5 Å². The number of H-pyrrole nitrogens is 1. The Bertz CT molecular complexity index is 222. The summed E-state index contributed by atoms with van der Waals surface area (Å²) in [5.74, 6) is -1.35. The van der Waals surface area contributed by atoms with Gasteiger partial charge in [0.05, 0.1) is 12.5 Å². The molecule has 6 heteroatoms.